The van der Waals surface area contributed by atoms with E-state index in [4.69, 9.17) is 12.2 Å². The summed E-state index contributed by atoms with van der Waals surface area (Å²) >= 11 is 5.51. The number of nitrogens with one attached hydrogen (secondary N) is 1. The number of aromatic hydroxyl groups is 1. The summed E-state index contributed by atoms with van der Waals surface area (Å²) in [5.41, 5.74) is 3.01. The van der Waals surface area contributed by atoms with E-state index in [0.717, 1.165) is 0 Å². The summed E-state index contributed by atoms with van der Waals surface area (Å²) in [7, 11) is 0. The van der Waals surface area contributed by atoms with Gasteiger partial charge in [0.15, 0.2) is 4.77 Å². The normalized spacial score (nSPS) is 12.7. The van der Waals surface area contributed by atoms with Crippen LogP contribution in [-0.2, 0) is 9.59 Å². The highest BCUT2D eigenvalue weighted by molar-refractivity contribution is 7.71. The zero-order chi connectivity index (χ0) is 25.9. The Morgan fingerprint density at radius 3 is 1.97 bits per heavy atom. The Bertz CT molecular complexity index is 1280. The monoisotopic (exact) mass is 498 g/mol. The van der Waals surface area contributed by atoms with E-state index in [0.29, 0.717) is 41.4 Å². The predicted molar refractivity (Wildman–Crippen MR) is 138 cm³/mol. The number of rotatable bonds is 10. The molecule has 1 heterocycles. The molecule has 0 bridgehead atoms. The number of aromatic nitrogens is 2. The Labute approximate surface area is 208 Å². The third-order valence-corrected chi connectivity index (χ3v) is 6.37. The predicted octanol–water partition coefficient (Wildman–Crippen LogP) is 4.51. The van der Waals surface area contributed by atoms with Crippen LogP contribution in [0.15, 0.2) is 48.5 Å². The average molecular weight is 499 g/mol. The van der Waals surface area contributed by atoms with Gasteiger partial charge in [0.05, 0.1) is 5.69 Å². The molecule has 35 heavy (non-hydrogen) atoms. The van der Waals surface area contributed by atoms with E-state index in [-0.39, 0.29) is 10.7 Å². The topological polar surface area (TPSA) is 122 Å². The van der Waals surface area contributed by atoms with E-state index in [1.807, 2.05) is 26.0 Å². The van der Waals surface area contributed by atoms with Crippen LogP contribution in [0.4, 0.5) is 11.4 Å². The van der Waals surface area contributed by atoms with Gasteiger partial charge < -0.3 is 30.1 Å². The summed E-state index contributed by atoms with van der Waals surface area (Å²) in [6, 6.07) is 12.9. The van der Waals surface area contributed by atoms with E-state index in [2.05, 4.69) is 4.98 Å². The molecule has 0 aliphatic heterocycles. The van der Waals surface area contributed by atoms with Gasteiger partial charge in [-0.25, -0.2) is 9.59 Å². The minimum absolute atomic E-state index is 0.104. The number of H-pyrrole nitrogens is 1. The quantitative estimate of drug-likeness (QED) is 0.301. The summed E-state index contributed by atoms with van der Waals surface area (Å²) in [6.07, 6.45) is 0. The highest BCUT2D eigenvalue weighted by atomic mass is 32.1. The molecule has 2 unspecified atom stereocenters. The minimum Gasteiger partial charge on any atom is -0.493 e. The smallest absolute Gasteiger partial charge is 0.326 e. The number of hydrogen-bond donors (Lipinski definition) is 4. The summed E-state index contributed by atoms with van der Waals surface area (Å²) < 4.78 is 1.75. The number of aliphatic carboxylic acids is 2. The number of imidazole rings is 1. The molecule has 2 atom stereocenters. The van der Waals surface area contributed by atoms with Gasteiger partial charge in [0, 0.05) is 30.0 Å². The van der Waals surface area contributed by atoms with Gasteiger partial charge in [0.25, 0.3) is 0 Å². The standard InChI is InChI=1S/C25H30N4O5S/c1-5-27(15(3)23(31)32)18-10-7-9-17(13-18)21-22(30)29(25(35)26-21)20-12-8-11-19(14-20)28(6-2)16(4)24(33)34/h7-16,30H,5-6H2,1-4H3,(H,26,35)(H,31,32)(H,33,34). The molecule has 186 valence electrons. The van der Waals surface area contributed by atoms with Crippen molar-refractivity contribution in [3.63, 3.8) is 0 Å². The molecule has 10 heteroatoms. The lowest BCUT2D eigenvalue weighted by molar-refractivity contribution is -0.139. The molecule has 4 N–H and O–H groups in total. The summed E-state index contributed by atoms with van der Waals surface area (Å²) in [4.78, 5) is 29.6. The number of aromatic amines is 1. The summed E-state index contributed by atoms with van der Waals surface area (Å²) in [5.74, 6) is -1.96. The van der Waals surface area contributed by atoms with E-state index in [1.54, 1.807) is 60.0 Å². The molecule has 3 rings (SSSR count). The van der Waals surface area contributed by atoms with Crippen molar-refractivity contribution in [2.45, 2.75) is 39.8 Å². The van der Waals surface area contributed by atoms with Gasteiger partial charge in [-0.3, -0.25) is 4.57 Å². The van der Waals surface area contributed by atoms with Gasteiger partial charge in [0.1, 0.15) is 17.8 Å². The Morgan fingerprint density at radius 1 is 0.943 bits per heavy atom. The first kappa shape index (κ1) is 25.8. The van der Waals surface area contributed by atoms with E-state index in [1.165, 1.54) is 4.57 Å². The second kappa shape index (κ2) is 10.6. The van der Waals surface area contributed by atoms with Crippen molar-refractivity contribution < 1.29 is 24.9 Å². The van der Waals surface area contributed by atoms with Gasteiger partial charge in [-0.1, -0.05) is 18.2 Å². The van der Waals surface area contributed by atoms with Crippen molar-refractivity contribution in [2.75, 3.05) is 22.9 Å². The molecule has 0 saturated heterocycles. The van der Waals surface area contributed by atoms with Crippen LogP contribution in [0.5, 0.6) is 5.88 Å². The maximum absolute atomic E-state index is 11.5. The molecule has 0 aliphatic rings. The van der Waals surface area contributed by atoms with Crippen molar-refractivity contribution in [2.24, 2.45) is 0 Å². The van der Waals surface area contributed by atoms with Crippen LogP contribution in [0.2, 0.25) is 0 Å². The van der Waals surface area contributed by atoms with Gasteiger partial charge in [0.2, 0.25) is 5.88 Å². The first-order valence-corrected chi connectivity index (χ1v) is 11.7. The van der Waals surface area contributed by atoms with Gasteiger partial charge in [-0.05, 0) is 70.2 Å². The molecule has 0 fully saturated rings. The van der Waals surface area contributed by atoms with Crippen LogP contribution in [0, 0.1) is 4.77 Å². The molecule has 0 amide bonds. The Balaban J connectivity index is 2.05. The Kier molecular flexibility index (Phi) is 7.85. The third-order valence-electron chi connectivity index (χ3n) is 6.09. The van der Waals surface area contributed by atoms with Crippen molar-refractivity contribution in [3.8, 4) is 22.8 Å². The molecule has 0 aliphatic carbocycles. The molecule has 0 saturated carbocycles. The number of carboxylic acids is 2. The number of carboxylic acid groups (broad SMARTS) is 2. The summed E-state index contributed by atoms with van der Waals surface area (Å²) in [6.45, 7) is 7.98. The number of likely N-dealkylation sites (N-methyl/N-ethyl adjacent to an activating group) is 2. The first-order chi connectivity index (χ1) is 16.6. The van der Waals surface area contributed by atoms with Crippen LogP contribution in [0.25, 0.3) is 16.9 Å². The van der Waals surface area contributed by atoms with Crippen molar-refractivity contribution >= 4 is 35.5 Å². The molecular weight excluding hydrogens is 468 g/mol. The van der Waals surface area contributed by atoms with E-state index < -0.39 is 24.0 Å². The lowest BCUT2D eigenvalue weighted by atomic mass is 10.1. The molecule has 2 aromatic carbocycles. The number of carbonyl (C=O) groups is 2. The van der Waals surface area contributed by atoms with E-state index in [9.17, 15) is 24.9 Å². The average Bonchev–Trinajstić information content (AvgIpc) is 3.13. The SMILES string of the molecule is CCN(c1cccc(-c2[nH]c(=S)n(-c3cccc(N(CC)C(C)C(=O)O)c3)c2O)c1)C(C)C(=O)O. The largest absolute Gasteiger partial charge is 0.493 e. The van der Waals surface area contributed by atoms with Gasteiger partial charge >= 0.3 is 11.9 Å². The number of benzene rings is 2. The van der Waals surface area contributed by atoms with Crippen molar-refractivity contribution in [3.05, 3.63) is 53.3 Å². The molecule has 0 spiro atoms. The molecule has 0 radical (unpaired) electrons. The fourth-order valence-corrected chi connectivity index (χ4v) is 4.44. The fourth-order valence-electron chi connectivity index (χ4n) is 4.15. The van der Waals surface area contributed by atoms with Gasteiger partial charge in [-0.2, -0.15) is 0 Å². The zero-order valence-corrected chi connectivity index (χ0v) is 20.9. The van der Waals surface area contributed by atoms with Gasteiger partial charge in [-0.15, -0.1) is 0 Å². The number of hydrogen-bond acceptors (Lipinski definition) is 6. The lowest BCUT2D eigenvalue weighted by Crippen LogP contribution is -2.38. The van der Waals surface area contributed by atoms with E-state index >= 15 is 0 Å². The molecule has 3 aromatic rings. The van der Waals surface area contributed by atoms with Crippen LogP contribution in [0.1, 0.15) is 27.7 Å². The van der Waals surface area contributed by atoms with Crippen molar-refractivity contribution in [1.82, 2.24) is 9.55 Å². The number of nitrogens with zero attached hydrogens (tertiary/aromatic N) is 3. The third kappa shape index (κ3) is 5.17. The van der Waals surface area contributed by atoms with Crippen LogP contribution in [0.3, 0.4) is 0 Å². The fraction of sp³-hybridized carbons (Fsp3) is 0.320. The molecule has 9 nitrogen and oxygen atoms in total. The minimum atomic E-state index is -0.932. The van der Waals surface area contributed by atoms with Crippen LogP contribution >= 0.6 is 12.2 Å². The first-order valence-electron chi connectivity index (χ1n) is 11.3. The highest BCUT2D eigenvalue weighted by Crippen LogP contribution is 2.34. The lowest BCUT2D eigenvalue weighted by Gasteiger charge is -2.27. The second-order valence-electron chi connectivity index (χ2n) is 8.13. The maximum atomic E-state index is 11.5. The second-order valence-corrected chi connectivity index (χ2v) is 8.52. The number of anilines is 2. The van der Waals surface area contributed by atoms with Crippen LogP contribution in [-0.4, -0.2) is 62.0 Å². The summed E-state index contributed by atoms with van der Waals surface area (Å²) in [5, 5.41) is 30.0. The maximum Gasteiger partial charge on any atom is 0.326 e. The zero-order valence-electron chi connectivity index (χ0n) is 20.1. The van der Waals surface area contributed by atoms with Crippen molar-refractivity contribution in [1.29, 1.82) is 0 Å². The molecular formula is C25H30N4O5S. The highest BCUT2D eigenvalue weighted by Gasteiger charge is 2.23. The molecule has 1 aromatic heterocycles. The van der Waals surface area contributed by atoms with Crippen LogP contribution < -0.4 is 9.80 Å². The Morgan fingerprint density at radius 2 is 1.46 bits per heavy atom. The Hall–Kier alpha value is -3.79.